The van der Waals surface area contributed by atoms with Crippen LogP contribution in [0.3, 0.4) is 0 Å². The molecule has 0 aliphatic heterocycles. The molecule has 0 aliphatic rings. The molecule has 0 saturated heterocycles. The van der Waals surface area contributed by atoms with E-state index >= 15 is 0 Å². The van der Waals surface area contributed by atoms with Crippen LogP contribution in [0.5, 0.6) is 5.75 Å². The first-order valence-corrected chi connectivity index (χ1v) is 8.17. The highest BCUT2D eigenvalue weighted by Crippen LogP contribution is 2.27. The van der Waals surface area contributed by atoms with Crippen molar-refractivity contribution in [1.82, 2.24) is 0 Å². The molecule has 0 fully saturated rings. The largest absolute Gasteiger partial charge is 0.481 e. The summed E-state index contributed by atoms with van der Waals surface area (Å²) in [5.74, 6) is 0.987. The van der Waals surface area contributed by atoms with Crippen LogP contribution in [0.4, 0.5) is 5.69 Å². The van der Waals surface area contributed by atoms with E-state index in [0.29, 0.717) is 5.92 Å². The van der Waals surface area contributed by atoms with Crippen molar-refractivity contribution >= 4 is 11.6 Å². The first-order valence-electron chi connectivity index (χ1n) is 8.17. The van der Waals surface area contributed by atoms with E-state index in [4.69, 9.17) is 4.74 Å². The number of hydrogen-bond donors (Lipinski definition) is 1. The summed E-state index contributed by atoms with van der Waals surface area (Å²) in [6.45, 7) is 8.08. The van der Waals surface area contributed by atoms with Gasteiger partial charge in [0, 0.05) is 5.69 Å². The minimum atomic E-state index is -0.556. The maximum atomic E-state index is 12.4. The zero-order chi connectivity index (χ0) is 16.8. The third kappa shape index (κ3) is 4.35. The van der Waals surface area contributed by atoms with Gasteiger partial charge in [-0.05, 0) is 42.5 Å². The highest BCUT2D eigenvalue weighted by molar-refractivity contribution is 5.94. The summed E-state index contributed by atoms with van der Waals surface area (Å²) < 4.78 is 5.90. The van der Waals surface area contributed by atoms with Gasteiger partial charge in [0.15, 0.2) is 6.10 Å². The zero-order valence-electron chi connectivity index (χ0n) is 14.3. The standard InChI is InChI=1S/C20H25NO2/c1-5-16-10-6-8-12-18(16)21-20(22)15(4)23-19-13-9-7-11-17(19)14(2)3/h6-15H,5H2,1-4H3,(H,21,22). The molecule has 0 saturated carbocycles. The van der Waals surface area contributed by atoms with Gasteiger partial charge < -0.3 is 10.1 Å². The van der Waals surface area contributed by atoms with Crippen LogP contribution in [-0.2, 0) is 11.2 Å². The minimum Gasteiger partial charge on any atom is -0.481 e. The predicted octanol–water partition coefficient (Wildman–Crippen LogP) is 4.78. The second kappa shape index (κ2) is 7.82. The van der Waals surface area contributed by atoms with Crippen molar-refractivity contribution in [2.45, 2.75) is 46.1 Å². The van der Waals surface area contributed by atoms with Gasteiger partial charge in [-0.3, -0.25) is 4.79 Å². The molecule has 0 aromatic heterocycles. The summed E-state index contributed by atoms with van der Waals surface area (Å²) in [6, 6.07) is 15.7. The number of nitrogens with one attached hydrogen (secondary N) is 1. The lowest BCUT2D eigenvalue weighted by molar-refractivity contribution is -0.122. The lowest BCUT2D eigenvalue weighted by Crippen LogP contribution is -2.30. The van der Waals surface area contributed by atoms with Crippen molar-refractivity contribution in [3.63, 3.8) is 0 Å². The zero-order valence-corrected chi connectivity index (χ0v) is 14.3. The summed E-state index contributed by atoms with van der Waals surface area (Å²) >= 11 is 0. The molecular formula is C20H25NO2. The number of hydrogen-bond acceptors (Lipinski definition) is 2. The van der Waals surface area contributed by atoms with Gasteiger partial charge in [0.25, 0.3) is 5.91 Å². The van der Waals surface area contributed by atoms with Crippen molar-refractivity contribution in [2.24, 2.45) is 0 Å². The molecule has 1 atom stereocenters. The maximum Gasteiger partial charge on any atom is 0.265 e. The molecule has 3 heteroatoms. The number of para-hydroxylation sites is 2. The molecule has 2 rings (SSSR count). The van der Waals surface area contributed by atoms with Crippen LogP contribution in [0.2, 0.25) is 0 Å². The first-order chi connectivity index (χ1) is 11.0. The van der Waals surface area contributed by atoms with Gasteiger partial charge in [0.2, 0.25) is 0 Å². The lowest BCUT2D eigenvalue weighted by Gasteiger charge is -2.19. The third-order valence-corrected chi connectivity index (χ3v) is 3.87. The molecule has 3 nitrogen and oxygen atoms in total. The van der Waals surface area contributed by atoms with E-state index in [2.05, 4.69) is 26.1 Å². The molecule has 0 heterocycles. The van der Waals surface area contributed by atoms with Crippen LogP contribution in [0, 0.1) is 0 Å². The van der Waals surface area contributed by atoms with Crippen LogP contribution >= 0.6 is 0 Å². The number of amides is 1. The van der Waals surface area contributed by atoms with Gasteiger partial charge in [0.05, 0.1) is 0 Å². The van der Waals surface area contributed by atoms with Crippen molar-refractivity contribution < 1.29 is 9.53 Å². The number of aryl methyl sites for hydroxylation is 1. The van der Waals surface area contributed by atoms with Gasteiger partial charge in [0.1, 0.15) is 5.75 Å². The second-order valence-corrected chi connectivity index (χ2v) is 5.95. The normalized spacial score (nSPS) is 12.0. The Balaban J connectivity index is 2.09. The Hall–Kier alpha value is -2.29. The number of ether oxygens (including phenoxy) is 1. The molecule has 1 N–H and O–H groups in total. The van der Waals surface area contributed by atoms with Crippen molar-refractivity contribution in [1.29, 1.82) is 0 Å². The Morgan fingerprint density at radius 2 is 1.70 bits per heavy atom. The smallest absolute Gasteiger partial charge is 0.265 e. The molecular weight excluding hydrogens is 286 g/mol. The van der Waals surface area contributed by atoms with Crippen LogP contribution < -0.4 is 10.1 Å². The molecule has 23 heavy (non-hydrogen) atoms. The van der Waals surface area contributed by atoms with E-state index in [1.165, 1.54) is 0 Å². The average Bonchev–Trinajstić information content (AvgIpc) is 2.55. The Morgan fingerprint density at radius 1 is 1.04 bits per heavy atom. The predicted molar refractivity (Wildman–Crippen MR) is 95.1 cm³/mol. The highest BCUT2D eigenvalue weighted by atomic mass is 16.5. The topological polar surface area (TPSA) is 38.3 Å². The molecule has 1 amide bonds. The van der Waals surface area contributed by atoms with Gasteiger partial charge in [-0.25, -0.2) is 0 Å². The highest BCUT2D eigenvalue weighted by Gasteiger charge is 2.18. The number of rotatable bonds is 6. The summed E-state index contributed by atoms with van der Waals surface area (Å²) in [5, 5.41) is 2.97. The number of anilines is 1. The summed E-state index contributed by atoms with van der Waals surface area (Å²) in [5.41, 5.74) is 3.09. The SMILES string of the molecule is CCc1ccccc1NC(=O)C(C)Oc1ccccc1C(C)C. The van der Waals surface area contributed by atoms with Gasteiger partial charge in [-0.15, -0.1) is 0 Å². The average molecular weight is 311 g/mol. The molecule has 0 bridgehead atoms. The number of carbonyl (C=O) groups is 1. The van der Waals surface area contributed by atoms with Crippen molar-refractivity contribution in [3.8, 4) is 5.75 Å². The van der Waals surface area contributed by atoms with Crippen LogP contribution in [0.25, 0.3) is 0 Å². The Labute approximate surface area is 138 Å². The first kappa shape index (κ1) is 17.1. The van der Waals surface area contributed by atoms with E-state index in [9.17, 15) is 4.79 Å². The van der Waals surface area contributed by atoms with E-state index < -0.39 is 6.10 Å². The van der Waals surface area contributed by atoms with Gasteiger partial charge in [-0.1, -0.05) is 57.2 Å². The fraction of sp³-hybridized carbons (Fsp3) is 0.350. The summed E-state index contributed by atoms with van der Waals surface area (Å²) in [6.07, 6.45) is 0.321. The van der Waals surface area contributed by atoms with Crippen molar-refractivity contribution in [3.05, 3.63) is 59.7 Å². The summed E-state index contributed by atoms with van der Waals surface area (Å²) in [4.78, 5) is 12.4. The fourth-order valence-corrected chi connectivity index (χ4v) is 2.49. The number of benzene rings is 2. The molecule has 2 aromatic carbocycles. The molecule has 2 aromatic rings. The van der Waals surface area contributed by atoms with Crippen LogP contribution in [0.15, 0.2) is 48.5 Å². The molecule has 0 spiro atoms. The molecule has 0 aliphatic carbocycles. The molecule has 122 valence electrons. The lowest BCUT2D eigenvalue weighted by atomic mass is 10.0. The van der Waals surface area contributed by atoms with E-state index in [1.807, 2.05) is 48.5 Å². The Morgan fingerprint density at radius 3 is 2.39 bits per heavy atom. The van der Waals surface area contributed by atoms with Crippen molar-refractivity contribution in [2.75, 3.05) is 5.32 Å². The van der Waals surface area contributed by atoms with E-state index in [1.54, 1.807) is 6.92 Å². The maximum absolute atomic E-state index is 12.4. The van der Waals surface area contributed by atoms with E-state index in [-0.39, 0.29) is 5.91 Å². The molecule has 0 radical (unpaired) electrons. The minimum absolute atomic E-state index is 0.135. The quantitative estimate of drug-likeness (QED) is 0.834. The van der Waals surface area contributed by atoms with Gasteiger partial charge >= 0.3 is 0 Å². The fourth-order valence-electron chi connectivity index (χ4n) is 2.49. The van der Waals surface area contributed by atoms with Crippen LogP contribution in [-0.4, -0.2) is 12.0 Å². The number of carbonyl (C=O) groups excluding carboxylic acids is 1. The second-order valence-electron chi connectivity index (χ2n) is 5.95. The third-order valence-electron chi connectivity index (χ3n) is 3.87. The Bertz CT molecular complexity index is 664. The summed E-state index contributed by atoms with van der Waals surface area (Å²) in [7, 11) is 0. The van der Waals surface area contributed by atoms with E-state index in [0.717, 1.165) is 29.0 Å². The van der Waals surface area contributed by atoms with Gasteiger partial charge in [-0.2, -0.15) is 0 Å². The molecule has 1 unspecified atom stereocenters. The Kier molecular flexibility index (Phi) is 5.80. The van der Waals surface area contributed by atoms with Crippen LogP contribution in [0.1, 0.15) is 44.7 Å². The monoisotopic (exact) mass is 311 g/mol.